The fourth-order valence-electron chi connectivity index (χ4n) is 3.33. The van der Waals surface area contributed by atoms with E-state index < -0.39 is 0 Å². The van der Waals surface area contributed by atoms with E-state index in [0.717, 1.165) is 19.4 Å². The monoisotopic (exact) mass is 320 g/mol. The SMILES string of the molecule is CC(C)(C)C[C@H]1CCN(C(=O)NCc2ccc(=O)[nH]n2)C1(C)C. The number of likely N-dealkylation sites (tertiary alicyclic amines) is 1. The number of carbonyl (C=O) groups excluding carboxylic acids is 1. The third-order valence-electron chi connectivity index (χ3n) is 4.66. The molecule has 6 heteroatoms. The molecule has 0 radical (unpaired) electrons. The number of hydrogen-bond donors (Lipinski definition) is 2. The third kappa shape index (κ3) is 4.33. The Bertz CT molecular complexity index is 595. The van der Waals surface area contributed by atoms with E-state index in [1.54, 1.807) is 6.07 Å². The second kappa shape index (κ2) is 6.34. The number of aromatic nitrogens is 2. The predicted octanol–water partition coefficient (Wildman–Crippen LogP) is 2.52. The van der Waals surface area contributed by atoms with Crippen LogP contribution in [-0.2, 0) is 6.54 Å². The highest BCUT2D eigenvalue weighted by atomic mass is 16.2. The van der Waals surface area contributed by atoms with E-state index in [0.29, 0.717) is 18.2 Å². The average Bonchev–Trinajstić information content (AvgIpc) is 2.71. The lowest BCUT2D eigenvalue weighted by molar-refractivity contribution is 0.127. The topological polar surface area (TPSA) is 78.1 Å². The van der Waals surface area contributed by atoms with Crippen LogP contribution in [0, 0.1) is 11.3 Å². The van der Waals surface area contributed by atoms with Gasteiger partial charge in [0.25, 0.3) is 5.56 Å². The quantitative estimate of drug-likeness (QED) is 0.898. The summed E-state index contributed by atoms with van der Waals surface area (Å²) >= 11 is 0. The van der Waals surface area contributed by atoms with Crippen molar-refractivity contribution in [2.75, 3.05) is 6.54 Å². The molecule has 1 fully saturated rings. The standard InChI is InChI=1S/C17H28N4O2/c1-16(2,3)10-12-8-9-21(17(12,4)5)15(23)18-11-13-6-7-14(22)20-19-13/h6-7,12H,8-11H2,1-5H3,(H,18,23)(H,20,22)/t12-/m1/s1. The molecule has 23 heavy (non-hydrogen) atoms. The number of urea groups is 1. The van der Waals surface area contributed by atoms with Gasteiger partial charge in [-0.15, -0.1) is 0 Å². The Kier molecular flexibility index (Phi) is 4.82. The van der Waals surface area contributed by atoms with E-state index in [4.69, 9.17) is 0 Å². The molecule has 2 heterocycles. The van der Waals surface area contributed by atoms with Crippen LogP contribution in [-0.4, -0.2) is 33.2 Å². The minimum Gasteiger partial charge on any atom is -0.332 e. The van der Waals surface area contributed by atoms with Gasteiger partial charge >= 0.3 is 6.03 Å². The third-order valence-corrected chi connectivity index (χ3v) is 4.66. The molecule has 0 unspecified atom stereocenters. The number of amides is 2. The van der Waals surface area contributed by atoms with Gasteiger partial charge < -0.3 is 10.2 Å². The van der Waals surface area contributed by atoms with Crippen LogP contribution >= 0.6 is 0 Å². The number of aromatic amines is 1. The lowest BCUT2D eigenvalue weighted by atomic mass is 9.76. The first-order valence-corrected chi connectivity index (χ1v) is 8.20. The van der Waals surface area contributed by atoms with Crippen LogP contribution in [0.5, 0.6) is 0 Å². The van der Waals surface area contributed by atoms with Crippen molar-refractivity contribution in [1.29, 1.82) is 0 Å². The van der Waals surface area contributed by atoms with E-state index in [1.807, 2.05) is 4.90 Å². The fraction of sp³-hybridized carbons (Fsp3) is 0.706. The number of nitrogens with one attached hydrogen (secondary N) is 2. The maximum Gasteiger partial charge on any atom is 0.318 e. The minimum absolute atomic E-state index is 0.0700. The molecule has 2 amide bonds. The van der Waals surface area contributed by atoms with Gasteiger partial charge in [0, 0.05) is 18.2 Å². The van der Waals surface area contributed by atoms with Crippen LogP contribution in [0.25, 0.3) is 0 Å². The van der Waals surface area contributed by atoms with Crippen molar-refractivity contribution in [3.63, 3.8) is 0 Å². The molecule has 1 atom stereocenters. The van der Waals surface area contributed by atoms with Crippen LogP contribution in [0.2, 0.25) is 0 Å². The normalized spacial score (nSPS) is 20.6. The summed E-state index contributed by atoms with van der Waals surface area (Å²) in [6, 6.07) is 2.96. The van der Waals surface area contributed by atoms with Gasteiger partial charge in [-0.25, -0.2) is 9.89 Å². The zero-order valence-electron chi connectivity index (χ0n) is 14.8. The van der Waals surface area contributed by atoms with Crippen LogP contribution in [0.1, 0.15) is 53.2 Å². The van der Waals surface area contributed by atoms with Crippen molar-refractivity contribution in [1.82, 2.24) is 20.4 Å². The summed E-state index contributed by atoms with van der Waals surface area (Å²) in [6.07, 6.45) is 2.14. The number of H-pyrrole nitrogens is 1. The average molecular weight is 320 g/mol. The smallest absolute Gasteiger partial charge is 0.318 e. The van der Waals surface area contributed by atoms with Gasteiger partial charge in [-0.2, -0.15) is 5.10 Å². The van der Waals surface area contributed by atoms with Crippen molar-refractivity contribution in [3.8, 4) is 0 Å². The van der Waals surface area contributed by atoms with Gasteiger partial charge in [-0.1, -0.05) is 20.8 Å². The molecular formula is C17H28N4O2. The van der Waals surface area contributed by atoms with Crippen molar-refractivity contribution in [2.45, 2.75) is 59.5 Å². The second-order valence-corrected chi connectivity index (χ2v) is 8.13. The minimum atomic E-state index is -0.245. The fourth-order valence-corrected chi connectivity index (χ4v) is 3.33. The van der Waals surface area contributed by atoms with Crippen molar-refractivity contribution >= 4 is 6.03 Å². The summed E-state index contributed by atoms with van der Waals surface area (Å²) in [4.78, 5) is 25.4. The first-order chi connectivity index (χ1) is 10.6. The van der Waals surface area contributed by atoms with Crippen LogP contribution in [0.15, 0.2) is 16.9 Å². The summed E-state index contributed by atoms with van der Waals surface area (Å²) in [6.45, 7) is 12.1. The van der Waals surface area contributed by atoms with Crippen molar-refractivity contribution in [3.05, 3.63) is 28.2 Å². The summed E-state index contributed by atoms with van der Waals surface area (Å²) in [5.41, 5.74) is 0.497. The summed E-state index contributed by atoms with van der Waals surface area (Å²) in [5, 5.41) is 9.18. The highest BCUT2D eigenvalue weighted by Gasteiger charge is 2.44. The van der Waals surface area contributed by atoms with Gasteiger partial charge in [0.1, 0.15) is 0 Å². The van der Waals surface area contributed by atoms with Gasteiger partial charge in [0.2, 0.25) is 0 Å². The molecule has 1 aromatic rings. The summed E-state index contributed by atoms with van der Waals surface area (Å²) < 4.78 is 0. The molecule has 0 bridgehead atoms. The zero-order chi connectivity index (χ0) is 17.3. The zero-order valence-corrected chi connectivity index (χ0v) is 14.8. The highest BCUT2D eigenvalue weighted by molar-refractivity contribution is 5.75. The van der Waals surface area contributed by atoms with Crippen LogP contribution in [0.3, 0.4) is 0 Å². The van der Waals surface area contributed by atoms with Gasteiger partial charge in [-0.3, -0.25) is 4.79 Å². The molecule has 0 spiro atoms. The largest absolute Gasteiger partial charge is 0.332 e. The predicted molar refractivity (Wildman–Crippen MR) is 90.1 cm³/mol. The Morgan fingerprint density at radius 3 is 2.70 bits per heavy atom. The van der Waals surface area contributed by atoms with Gasteiger partial charge in [-0.05, 0) is 44.1 Å². The maximum absolute atomic E-state index is 12.5. The molecule has 2 N–H and O–H groups in total. The van der Waals surface area contributed by atoms with Gasteiger partial charge in [0.15, 0.2) is 0 Å². The van der Waals surface area contributed by atoms with Crippen LogP contribution < -0.4 is 10.9 Å². The van der Waals surface area contributed by atoms with E-state index in [1.165, 1.54) is 6.07 Å². The van der Waals surface area contributed by atoms with Crippen molar-refractivity contribution < 1.29 is 4.79 Å². The number of carbonyl (C=O) groups is 1. The molecule has 6 nitrogen and oxygen atoms in total. The molecule has 1 aliphatic heterocycles. The molecule has 128 valence electrons. The van der Waals surface area contributed by atoms with E-state index in [9.17, 15) is 9.59 Å². The lowest BCUT2D eigenvalue weighted by Gasteiger charge is -2.38. The lowest BCUT2D eigenvalue weighted by Crippen LogP contribution is -2.50. The molecule has 0 aromatic carbocycles. The summed E-state index contributed by atoms with van der Waals surface area (Å²) in [7, 11) is 0. The number of hydrogen-bond acceptors (Lipinski definition) is 3. The summed E-state index contributed by atoms with van der Waals surface area (Å²) in [5.74, 6) is 0.499. The molecule has 2 rings (SSSR count). The number of nitrogens with zero attached hydrogens (tertiary/aromatic N) is 2. The van der Waals surface area contributed by atoms with Crippen molar-refractivity contribution in [2.24, 2.45) is 11.3 Å². The molecule has 1 aromatic heterocycles. The Morgan fingerprint density at radius 1 is 1.43 bits per heavy atom. The van der Waals surface area contributed by atoms with E-state index in [-0.39, 0.29) is 22.5 Å². The first-order valence-electron chi connectivity index (χ1n) is 8.20. The highest BCUT2D eigenvalue weighted by Crippen LogP contribution is 2.41. The first kappa shape index (κ1) is 17.5. The number of rotatable bonds is 3. The molecule has 1 saturated heterocycles. The molecular weight excluding hydrogens is 292 g/mol. The Morgan fingerprint density at radius 2 is 2.13 bits per heavy atom. The van der Waals surface area contributed by atoms with E-state index in [2.05, 4.69) is 50.1 Å². The van der Waals surface area contributed by atoms with Crippen LogP contribution in [0.4, 0.5) is 4.79 Å². The molecule has 1 aliphatic rings. The Balaban J connectivity index is 1.97. The van der Waals surface area contributed by atoms with Gasteiger partial charge in [0.05, 0.1) is 12.2 Å². The maximum atomic E-state index is 12.5. The Labute approximate surface area is 137 Å². The molecule has 0 aliphatic carbocycles. The Hall–Kier alpha value is -1.85. The second-order valence-electron chi connectivity index (χ2n) is 8.13. The van der Waals surface area contributed by atoms with E-state index >= 15 is 0 Å². The molecule has 0 saturated carbocycles.